The molecule has 0 bridgehead atoms. The van der Waals surface area contributed by atoms with Crippen molar-refractivity contribution in [3.8, 4) is 0 Å². The minimum Gasteiger partial charge on any atom is -0.371 e. The molecule has 0 aromatic heterocycles. The first-order valence-corrected chi connectivity index (χ1v) is 7.35. The quantitative estimate of drug-likeness (QED) is 0.464. The molecule has 6 heteroatoms. The Labute approximate surface area is 127 Å². The Hall–Kier alpha value is -2.18. The maximum atomic E-state index is 12.6. The van der Waals surface area contributed by atoms with Crippen molar-refractivity contribution in [2.75, 3.05) is 26.3 Å². The van der Waals surface area contributed by atoms with Gasteiger partial charge in [-0.25, -0.2) is 4.79 Å². The van der Waals surface area contributed by atoms with E-state index in [4.69, 9.17) is 9.47 Å². The van der Waals surface area contributed by atoms with Crippen LogP contribution in [0.1, 0.15) is 5.56 Å². The van der Waals surface area contributed by atoms with Gasteiger partial charge in [-0.1, -0.05) is 30.3 Å². The second kappa shape index (κ2) is 5.23. The molecule has 22 heavy (non-hydrogen) atoms. The molecule has 3 amide bonds. The van der Waals surface area contributed by atoms with Crippen LogP contribution in [0.4, 0.5) is 4.79 Å². The molecule has 3 fully saturated rings. The molecule has 114 valence electrons. The van der Waals surface area contributed by atoms with Crippen LogP contribution in [0.5, 0.6) is 0 Å². The van der Waals surface area contributed by atoms with Crippen molar-refractivity contribution in [2.45, 2.75) is 12.2 Å². The fourth-order valence-corrected chi connectivity index (χ4v) is 2.53. The lowest BCUT2D eigenvalue weighted by molar-refractivity contribution is -0.123. The zero-order valence-electron chi connectivity index (χ0n) is 12.0. The van der Waals surface area contributed by atoms with Gasteiger partial charge in [0.15, 0.2) is 0 Å². The van der Waals surface area contributed by atoms with Crippen molar-refractivity contribution in [3.63, 3.8) is 0 Å². The number of hydrogen-bond donors (Lipinski definition) is 0. The topological polar surface area (TPSA) is 65.7 Å². The van der Waals surface area contributed by atoms with Gasteiger partial charge in [0.25, 0.3) is 5.91 Å². The fourth-order valence-electron chi connectivity index (χ4n) is 2.53. The first kappa shape index (κ1) is 13.5. The van der Waals surface area contributed by atoms with Crippen LogP contribution in [0.15, 0.2) is 36.0 Å². The molecule has 3 saturated heterocycles. The van der Waals surface area contributed by atoms with Crippen molar-refractivity contribution >= 4 is 18.0 Å². The highest BCUT2D eigenvalue weighted by Crippen LogP contribution is 2.27. The first-order valence-electron chi connectivity index (χ1n) is 7.35. The van der Waals surface area contributed by atoms with E-state index < -0.39 is 0 Å². The fraction of sp³-hybridized carbons (Fsp3) is 0.375. The Balaban J connectivity index is 1.64. The number of ether oxygens (including phenoxy) is 2. The highest BCUT2D eigenvalue weighted by molar-refractivity contribution is 6.14. The predicted molar refractivity (Wildman–Crippen MR) is 77.7 cm³/mol. The van der Waals surface area contributed by atoms with Gasteiger partial charge in [-0.3, -0.25) is 14.6 Å². The molecule has 6 nitrogen and oxygen atoms in total. The first-order chi connectivity index (χ1) is 10.7. The summed E-state index contributed by atoms with van der Waals surface area (Å²) in [5.74, 6) is -0.259. The van der Waals surface area contributed by atoms with E-state index in [0.717, 1.165) is 5.56 Å². The van der Waals surface area contributed by atoms with Crippen molar-refractivity contribution in [3.05, 3.63) is 41.6 Å². The molecule has 0 saturated carbocycles. The number of nitrogens with zero attached hydrogens (tertiary/aromatic N) is 2. The van der Waals surface area contributed by atoms with Crippen molar-refractivity contribution < 1.29 is 19.1 Å². The van der Waals surface area contributed by atoms with Gasteiger partial charge in [0, 0.05) is 0 Å². The van der Waals surface area contributed by atoms with E-state index in [-0.39, 0.29) is 24.1 Å². The number of urea groups is 1. The summed E-state index contributed by atoms with van der Waals surface area (Å²) in [7, 11) is 0. The molecule has 0 radical (unpaired) electrons. The van der Waals surface area contributed by atoms with E-state index >= 15 is 0 Å². The Bertz CT molecular complexity index is 635. The van der Waals surface area contributed by atoms with Crippen LogP contribution < -0.4 is 0 Å². The predicted octanol–water partition coefficient (Wildman–Crippen LogP) is 1.09. The highest BCUT2D eigenvalue weighted by atomic mass is 16.6. The van der Waals surface area contributed by atoms with Crippen LogP contribution in [-0.2, 0) is 14.3 Å². The molecule has 4 rings (SSSR count). The van der Waals surface area contributed by atoms with E-state index in [0.29, 0.717) is 32.0 Å². The van der Waals surface area contributed by atoms with Crippen molar-refractivity contribution in [2.24, 2.45) is 0 Å². The van der Waals surface area contributed by atoms with Crippen molar-refractivity contribution in [1.82, 2.24) is 9.80 Å². The smallest absolute Gasteiger partial charge is 0.331 e. The molecule has 3 heterocycles. The Kier molecular flexibility index (Phi) is 3.20. The summed E-state index contributed by atoms with van der Waals surface area (Å²) < 4.78 is 10.3. The third-order valence-electron chi connectivity index (χ3n) is 3.90. The monoisotopic (exact) mass is 300 g/mol. The molecule has 3 aliphatic rings. The standard InChI is InChI=1S/C16H16N2O4/c19-15-14(6-11-4-2-1-3-5-11)17(7-12-9-21-12)16(20)18(15)8-13-10-22-13/h1-6,12-13H,7-10H2. The summed E-state index contributed by atoms with van der Waals surface area (Å²) in [5.41, 5.74) is 1.30. The summed E-state index contributed by atoms with van der Waals surface area (Å²) in [6.45, 7) is 2.00. The van der Waals surface area contributed by atoms with Crippen molar-refractivity contribution in [1.29, 1.82) is 0 Å². The van der Waals surface area contributed by atoms with Crippen LogP contribution in [0.25, 0.3) is 6.08 Å². The Morgan fingerprint density at radius 2 is 1.59 bits per heavy atom. The third-order valence-corrected chi connectivity index (χ3v) is 3.90. The Morgan fingerprint density at radius 3 is 2.18 bits per heavy atom. The normalized spacial score (nSPS) is 28.6. The summed E-state index contributed by atoms with van der Waals surface area (Å²) >= 11 is 0. The van der Waals surface area contributed by atoms with Gasteiger partial charge in [-0.15, -0.1) is 0 Å². The zero-order chi connectivity index (χ0) is 15.1. The third kappa shape index (κ3) is 2.63. The molecule has 2 unspecified atom stereocenters. The van der Waals surface area contributed by atoms with E-state index in [9.17, 15) is 9.59 Å². The molecule has 2 atom stereocenters. The molecule has 0 spiro atoms. The summed E-state index contributed by atoms with van der Waals surface area (Å²) in [6.07, 6.45) is 1.78. The lowest BCUT2D eigenvalue weighted by Gasteiger charge is -2.15. The summed E-state index contributed by atoms with van der Waals surface area (Å²) in [6, 6.07) is 9.25. The second-order valence-corrected chi connectivity index (χ2v) is 5.66. The number of imide groups is 1. The van der Waals surface area contributed by atoms with Gasteiger partial charge >= 0.3 is 6.03 Å². The number of benzene rings is 1. The molecule has 1 aromatic rings. The van der Waals surface area contributed by atoms with Crippen LogP contribution in [-0.4, -0.2) is 60.2 Å². The molecule has 3 aliphatic heterocycles. The van der Waals surface area contributed by atoms with Gasteiger partial charge in [-0.05, 0) is 11.6 Å². The van der Waals surface area contributed by atoms with Crippen LogP contribution in [0.2, 0.25) is 0 Å². The van der Waals surface area contributed by atoms with Gasteiger partial charge in [0.1, 0.15) is 5.70 Å². The van der Waals surface area contributed by atoms with Gasteiger partial charge in [0.2, 0.25) is 0 Å². The number of rotatable bonds is 5. The second-order valence-electron chi connectivity index (χ2n) is 5.66. The average Bonchev–Trinajstić information content (AvgIpc) is 3.43. The molecule has 0 aliphatic carbocycles. The highest BCUT2D eigenvalue weighted by Gasteiger charge is 2.45. The van der Waals surface area contributed by atoms with E-state index in [1.54, 1.807) is 6.08 Å². The molecule has 0 N–H and O–H groups in total. The van der Waals surface area contributed by atoms with Crippen LogP contribution in [0.3, 0.4) is 0 Å². The maximum Gasteiger partial charge on any atom is 0.331 e. The average molecular weight is 300 g/mol. The zero-order valence-corrected chi connectivity index (χ0v) is 12.0. The molecular weight excluding hydrogens is 284 g/mol. The molecular formula is C16H16N2O4. The number of amides is 3. The van der Waals surface area contributed by atoms with Crippen LogP contribution >= 0.6 is 0 Å². The van der Waals surface area contributed by atoms with Crippen LogP contribution in [0, 0.1) is 0 Å². The van der Waals surface area contributed by atoms with Gasteiger partial charge in [-0.2, -0.15) is 0 Å². The SMILES string of the molecule is O=C1C(=Cc2ccccc2)N(CC2CO2)C(=O)N1CC1CO1. The van der Waals surface area contributed by atoms with E-state index in [1.165, 1.54) is 9.80 Å². The molecule has 1 aromatic carbocycles. The number of carbonyl (C=O) groups excluding carboxylic acids is 2. The lowest BCUT2D eigenvalue weighted by atomic mass is 10.2. The Morgan fingerprint density at radius 1 is 1.00 bits per heavy atom. The number of hydrogen-bond acceptors (Lipinski definition) is 4. The summed E-state index contributed by atoms with van der Waals surface area (Å²) in [5, 5.41) is 0. The summed E-state index contributed by atoms with van der Waals surface area (Å²) in [4.78, 5) is 27.9. The lowest BCUT2D eigenvalue weighted by Crippen LogP contribution is -2.36. The maximum absolute atomic E-state index is 12.6. The van der Waals surface area contributed by atoms with E-state index in [2.05, 4.69) is 0 Å². The minimum atomic E-state index is -0.279. The number of carbonyl (C=O) groups is 2. The van der Waals surface area contributed by atoms with Gasteiger partial charge < -0.3 is 9.47 Å². The van der Waals surface area contributed by atoms with Gasteiger partial charge in [0.05, 0.1) is 38.5 Å². The largest absolute Gasteiger partial charge is 0.371 e. The van der Waals surface area contributed by atoms with E-state index in [1.807, 2.05) is 30.3 Å². The minimum absolute atomic E-state index is 0.0111. The number of epoxide rings is 2.